The lowest BCUT2D eigenvalue weighted by Gasteiger charge is -2.25. The Morgan fingerprint density at radius 2 is 1.52 bits per heavy atom. The number of hydrogen-bond acceptors (Lipinski definition) is 3. The zero-order chi connectivity index (χ0) is 43.5. The predicted molar refractivity (Wildman–Crippen MR) is 262 cm³/mol. The summed E-state index contributed by atoms with van der Waals surface area (Å²) in [7, 11) is 0. The second-order valence-electron chi connectivity index (χ2n) is 17.2. The van der Waals surface area contributed by atoms with Crippen LogP contribution in [0, 0.1) is 52.6 Å². The Morgan fingerprint density at radius 3 is 2.28 bits per heavy atom. The quantitative estimate of drug-likeness (QED) is 0.0871. The van der Waals surface area contributed by atoms with Crippen LogP contribution >= 0.6 is 0 Å². The summed E-state index contributed by atoms with van der Waals surface area (Å²) in [5, 5.41) is 26.1. The molecular formula is C59H41N5. The number of nitrogens with zero attached hydrogens (tertiary/aromatic N) is 5. The van der Waals surface area contributed by atoms with Crippen molar-refractivity contribution in [2.45, 2.75) is 39.2 Å². The van der Waals surface area contributed by atoms with E-state index in [-0.39, 0.29) is 5.41 Å². The summed E-state index contributed by atoms with van der Waals surface area (Å²) < 4.78 is 4.52. The van der Waals surface area contributed by atoms with Crippen molar-refractivity contribution < 1.29 is 0 Å². The van der Waals surface area contributed by atoms with Crippen LogP contribution in [0.25, 0.3) is 66.5 Å². The van der Waals surface area contributed by atoms with Gasteiger partial charge in [0.1, 0.15) is 6.07 Å². The summed E-state index contributed by atoms with van der Waals surface area (Å²) in [5.74, 6) is 6.09. The minimum absolute atomic E-state index is 0.212. The van der Waals surface area contributed by atoms with Gasteiger partial charge in [0.2, 0.25) is 0 Å². The maximum Gasteiger partial charge on any atom is 0.101 e. The van der Waals surface area contributed by atoms with Crippen LogP contribution in [0.5, 0.6) is 0 Å². The van der Waals surface area contributed by atoms with Gasteiger partial charge in [0.15, 0.2) is 0 Å². The van der Waals surface area contributed by atoms with Crippen LogP contribution in [0.1, 0.15) is 43.0 Å². The van der Waals surface area contributed by atoms with E-state index in [0.717, 1.165) is 66.6 Å². The standard InChI is InChI=1S/C59H41N5/c1-39(37-60)33-56(41(38-61)31-32-62-53-26-16-14-24-47(53)49-35-52-48(36-57(49)62)46-23-13-15-25-51(46)59(52,2)3)64-54-30-28-44(63(42-18-8-5-9-19-42)43-20-10-6-11-21-43)34-50(54)58-45-22-12-4-7-17-40(45)27-29-55(58)64/h5-11,13-14,16-21,23-24,26-31,33-36,39H,22,32H2,1-3H3/b41-31-,56-33+. The third-order valence-electron chi connectivity index (χ3n) is 13.1. The normalized spacial score (nSPS) is 14.2. The molecule has 2 aliphatic carbocycles. The summed E-state index contributed by atoms with van der Waals surface area (Å²) in [6, 6.07) is 60.7. The molecule has 0 saturated carbocycles. The van der Waals surface area contributed by atoms with Crippen LogP contribution in [-0.4, -0.2) is 9.13 Å². The van der Waals surface area contributed by atoms with E-state index < -0.39 is 5.92 Å². The van der Waals surface area contributed by atoms with Crippen molar-refractivity contribution in [1.29, 1.82) is 10.5 Å². The van der Waals surface area contributed by atoms with Gasteiger partial charge in [-0.15, -0.1) is 0 Å². The molecular weight excluding hydrogens is 779 g/mol. The van der Waals surface area contributed by atoms with Crippen molar-refractivity contribution in [3.8, 4) is 35.1 Å². The van der Waals surface area contributed by atoms with Gasteiger partial charge in [-0.05, 0) is 138 Å². The van der Waals surface area contributed by atoms with Crippen LogP contribution in [0.4, 0.5) is 17.1 Å². The summed E-state index contributed by atoms with van der Waals surface area (Å²) in [4.78, 5) is 2.27. The maximum atomic E-state index is 11.3. The van der Waals surface area contributed by atoms with Crippen molar-refractivity contribution in [3.63, 3.8) is 0 Å². The Labute approximate surface area is 373 Å². The fourth-order valence-corrected chi connectivity index (χ4v) is 10.1. The van der Waals surface area contributed by atoms with E-state index in [4.69, 9.17) is 0 Å². The van der Waals surface area contributed by atoms with Gasteiger partial charge in [-0.25, -0.2) is 0 Å². The molecule has 0 aliphatic heterocycles. The molecule has 11 rings (SSSR count). The number of benzene rings is 6. The van der Waals surface area contributed by atoms with E-state index in [1.165, 1.54) is 27.5 Å². The summed E-state index contributed by atoms with van der Waals surface area (Å²) in [5.41, 5.74) is 15.2. The molecule has 2 aromatic heterocycles. The van der Waals surface area contributed by atoms with Gasteiger partial charge >= 0.3 is 0 Å². The Kier molecular flexibility index (Phi) is 9.10. The zero-order valence-corrected chi connectivity index (χ0v) is 35.8. The highest BCUT2D eigenvalue weighted by molar-refractivity contribution is 6.15. The fraction of sp³-hybridized carbons (Fsp3) is 0.119. The van der Waals surface area contributed by atoms with Crippen molar-refractivity contribution in [3.05, 3.63) is 198 Å². The molecule has 0 N–H and O–H groups in total. The fourth-order valence-electron chi connectivity index (χ4n) is 10.1. The first-order valence-corrected chi connectivity index (χ1v) is 21.7. The van der Waals surface area contributed by atoms with E-state index in [2.05, 4.69) is 191 Å². The lowest BCUT2D eigenvalue weighted by molar-refractivity contribution is 0.661. The molecule has 0 bridgehead atoms. The number of hydrogen-bond donors (Lipinski definition) is 0. The van der Waals surface area contributed by atoms with E-state index in [0.29, 0.717) is 24.2 Å². The highest BCUT2D eigenvalue weighted by Crippen LogP contribution is 2.50. The van der Waals surface area contributed by atoms with Gasteiger partial charge in [0, 0.05) is 68.1 Å². The van der Waals surface area contributed by atoms with Gasteiger partial charge in [-0.3, -0.25) is 0 Å². The first kappa shape index (κ1) is 38.4. The van der Waals surface area contributed by atoms with Crippen molar-refractivity contribution >= 4 is 72.4 Å². The Morgan fingerprint density at radius 1 is 0.766 bits per heavy atom. The monoisotopic (exact) mass is 819 g/mol. The molecule has 0 saturated heterocycles. The van der Waals surface area contributed by atoms with E-state index in [1.54, 1.807) is 0 Å². The molecule has 302 valence electrons. The predicted octanol–water partition coefficient (Wildman–Crippen LogP) is 14.0. The number of rotatable bonds is 8. The van der Waals surface area contributed by atoms with Gasteiger partial charge in [-0.1, -0.05) is 98.5 Å². The smallest absolute Gasteiger partial charge is 0.101 e. The SMILES string of the molecule is CC(C#N)/C=C(\C(C#N)=C/Cn1c2ccccc2c2cc3c(cc21)-c1ccc#cc1C3(C)C)n1c2ccc(N(c3ccccc3)c3ccccc3)cc2c2c3c(ccc21)C=CC#CC3. The summed E-state index contributed by atoms with van der Waals surface area (Å²) >= 11 is 0. The molecule has 5 nitrogen and oxygen atoms in total. The number of allylic oxidation sites excluding steroid dienone is 5. The van der Waals surface area contributed by atoms with E-state index in [1.807, 2.05) is 43.4 Å². The minimum Gasteiger partial charge on any atom is -0.337 e. The first-order chi connectivity index (χ1) is 31.4. The third-order valence-corrected chi connectivity index (χ3v) is 13.1. The third kappa shape index (κ3) is 6.03. The molecule has 0 radical (unpaired) electrons. The molecule has 1 atom stereocenters. The molecule has 5 heteroatoms. The lowest BCUT2D eigenvalue weighted by atomic mass is 9.82. The maximum absolute atomic E-state index is 11.3. The number of anilines is 3. The number of fused-ring (bicyclic) bond motifs is 11. The van der Waals surface area contributed by atoms with Crippen LogP contribution in [0.15, 0.2) is 163 Å². The molecule has 1 unspecified atom stereocenters. The van der Waals surface area contributed by atoms with Crippen molar-refractivity contribution in [1.82, 2.24) is 9.13 Å². The van der Waals surface area contributed by atoms with Crippen molar-refractivity contribution in [2.24, 2.45) is 5.92 Å². The van der Waals surface area contributed by atoms with Gasteiger partial charge < -0.3 is 14.0 Å². The number of para-hydroxylation sites is 3. The van der Waals surface area contributed by atoms with Gasteiger partial charge in [-0.2, -0.15) is 10.5 Å². The van der Waals surface area contributed by atoms with Crippen LogP contribution < -0.4 is 4.90 Å². The zero-order valence-electron chi connectivity index (χ0n) is 35.8. The summed E-state index contributed by atoms with van der Waals surface area (Å²) in [6.45, 7) is 6.86. The van der Waals surface area contributed by atoms with Gasteiger partial charge in [0.05, 0.1) is 39.8 Å². The molecule has 9 aromatic rings. The first-order valence-electron chi connectivity index (χ1n) is 21.7. The molecule has 0 fully saturated rings. The van der Waals surface area contributed by atoms with E-state index in [9.17, 15) is 10.5 Å². The average Bonchev–Trinajstić information content (AvgIpc) is 3.80. The van der Waals surface area contributed by atoms with Crippen molar-refractivity contribution in [2.75, 3.05) is 4.90 Å². The summed E-state index contributed by atoms with van der Waals surface area (Å²) in [6.07, 6.45) is 8.57. The molecule has 0 spiro atoms. The molecule has 7 aromatic carbocycles. The lowest BCUT2D eigenvalue weighted by Crippen LogP contribution is -2.14. The second-order valence-corrected chi connectivity index (χ2v) is 17.2. The Hall–Kier alpha value is -8.48. The van der Waals surface area contributed by atoms with Crippen LogP contribution in [0.2, 0.25) is 0 Å². The molecule has 2 aliphatic rings. The van der Waals surface area contributed by atoms with E-state index >= 15 is 0 Å². The average molecular weight is 820 g/mol. The highest BCUT2D eigenvalue weighted by atomic mass is 15.1. The topological polar surface area (TPSA) is 60.7 Å². The van der Waals surface area contributed by atoms with Crippen LogP contribution in [0.3, 0.4) is 0 Å². The largest absolute Gasteiger partial charge is 0.337 e. The molecule has 2 heterocycles. The van der Waals surface area contributed by atoms with Crippen LogP contribution in [-0.2, 0) is 18.4 Å². The molecule has 0 amide bonds. The Bertz CT molecular complexity index is 3580. The minimum atomic E-state index is -0.479. The highest BCUT2D eigenvalue weighted by Gasteiger charge is 2.36. The molecule has 64 heavy (non-hydrogen) atoms. The van der Waals surface area contributed by atoms with Gasteiger partial charge in [0.25, 0.3) is 0 Å². The Balaban J connectivity index is 1.12. The number of nitriles is 2. The number of aromatic nitrogens is 2. The second kappa shape index (κ2) is 15.2.